The van der Waals surface area contributed by atoms with Gasteiger partial charge in [0.25, 0.3) is 0 Å². The molecule has 0 aromatic carbocycles. The molecule has 0 radical (unpaired) electrons. The molecule has 19 heavy (non-hydrogen) atoms. The number of hydrogen-bond donors (Lipinski definition) is 3. The molecule has 0 saturated heterocycles. The molecule has 2 amide bonds. The summed E-state index contributed by atoms with van der Waals surface area (Å²) in [5, 5.41) is 20.6. The van der Waals surface area contributed by atoms with Gasteiger partial charge in [-0.2, -0.15) is 0 Å². The van der Waals surface area contributed by atoms with Crippen LogP contribution in [0.25, 0.3) is 0 Å². The molecule has 0 aromatic rings. The van der Waals surface area contributed by atoms with E-state index in [9.17, 15) is 9.59 Å². The van der Waals surface area contributed by atoms with Crippen LogP contribution in [-0.2, 0) is 4.79 Å². The molecule has 1 unspecified atom stereocenters. The average Bonchev–Trinajstić information content (AvgIpc) is 2.25. The zero-order chi connectivity index (χ0) is 14.3. The van der Waals surface area contributed by atoms with Crippen LogP contribution in [0.15, 0.2) is 0 Å². The molecule has 1 saturated carbocycles. The van der Waals surface area contributed by atoms with Crippen LogP contribution in [0.4, 0.5) is 4.79 Å². The van der Waals surface area contributed by atoms with Crippen LogP contribution in [0.1, 0.15) is 45.4 Å². The van der Waals surface area contributed by atoms with Gasteiger partial charge in [0.05, 0.1) is 13.0 Å². The Morgan fingerprint density at radius 1 is 1.42 bits per heavy atom. The Labute approximate surface area is 113 Å². The minimum atomic E-state index is -0.906. The van der Waals surface area contributed by atoms with E-state index in [4.69, 9.17) is 10.2 Å². The van der Waals surface area contributed by atoms with Gasteiger partial charge in [0.15, 0.2) is 0 Å². The van der Waals surface area contributed by atoms with Gasteiger partial charge in [0.1, 0.15) is 0 Å². The van der Waals surface area contributed by atoms with E-state index in [1.54, 1.807) is 4.90 Å². The lowest BCUT2D eigenvalue weighted by Crippen LogP contribution is -2.52. The quantitative estimate of drug-likeness (QED) is 0.619. The van der Waals surface area contributed by atoms with Crippen molar-refractivity contribution in [3.8, 4) is 0 Å². The molecular weight excluding hydrogens is 248 g/mol. The molecular formula is C13H24N2O4. The fourth-order valence-corrected chi connectivity index (χ4v) is 2.30. The highest BCUT2D eigenvalue weighted by atomic mass is 16.4. The molecule has 0 bridgehead atoms. The molecule has 1 rings (SSSR count). The van der Waals surface area contributed by atoms with E-state index < -0.39 is 5.97 Å². The average molecular weight is 272 g/mol. The van der Waals surface area contributed by atoms with Gasteiger partial charge in [-0.15, -0.1) is 0 Å². The summed E-state index contributed by atoms with van der Waals surface area (Å²) in [5.74, 6) is -0.906. The molecule has 110 valence electrons. The second kappa shape index (κ2) is 7.99. The second-order valence-electron chi connectivity index (χ2n) is 5.03. The molecule has 3 N–H and O–H groups in total. The molecule has 0 aliphatic heterocycles. The Bertz CT molecular complexity index is 305. The zero-order valence-corrected chi connectivity index (χ0v) is 11.5. The summed E-state index contributed by atoms with van der Waals surface area (Å²) in [6.07, 6.45) is 4.44. The third-order valence-corrected chi connectivity index (χ3v) is 3.50. The molecule has 6 nitrogen and oxygen atoms in total. The van der Waals surface area contributed by atoms with Crippen LogP contribution < -0.4 is 5.32 Å². The topological polar surface area (TPSA) is 89.9 Å². The SMILES string of the molecule is CCCC(CC(=O)O)NC(=O)N(CCO)C1CCC1. The van der Waals surface area contributed by atoms with Gasteiger partial charge in [-0.05, 0) is 25.7 Å². The molecule has 0 heterocycles. The molecule has 1 aliphatic rings. The second-order valence-corrected chi connectivity index (χ2v) is 5.03. The van der Waals surface area contributed by atoms with Crippen molar-refractivity contribution < 1.29 is 19.8 Å². The maximum absolute atomic E-state index is 12.1. The van der Waals surface area contributed by atoms with Gasteiger partial charge >= 0.3 is 12.0 Å². The molecule has 0 aromatic heterocycles. The van der Waals surface area contributed by atoms with Crippen LogP contribution in [0.5, 0.6) is 0 Å². The van der Waals surface area contributed by atoms with Crippen LogP contribution in [0.3, 0.4) is 0 Å². The number of carbonyl (C=O) groups is 2. The van der Waals surface area contributed by atoms with E-state index in [1.807, 2.05) is 6.92 Å². The van der Waals surface area contributed by atoms with Gasteiger partial charge < -0.3 is 20.4 Å². The number of nitrogens with zero attached hydrogens (tertiary/aromatic N) is 1. The Morgan fingerprint density at radius 2 is 2.11 bits per heavy atom. The van der Waals surface area contributed by atoms with Crippen LogP contribution >= 0.6 is 0 Å². The summed E-state index contributed by atoms with van der Waals surface area (Å²) in [5.41, 5.74) is 0. The highest BCUT2D eigenvalue weighted by molar-refractivity contribution is 5.76. The zero-order valence-electron chi connectivity index (χ0n) is 11.5. The first-order valence-corrected chi connectivity index (χ1v) is 6.98. The van der Waals surface area contributed by atoms with E-state index in [2.05, 4.69) is 5.32 Å². The van der Waals surface area contributed by atoms with Crippen molar-refractivity contribution in [1.29, 1.82) is 0 Å². The highest BCUT2D eigenvalue weighted by Gasteiger charge is 2.29. The smallest absolute Gasteiger partial charge is 0.317 e. The van der Waals surface area contributed by atoms with Crippen molar-refractivity contribution in [2.24, 2.45) is 0 Å². The molecule has 6 heteroatoms. The van der Waals surface area contributed by atoms with E-state index in [-0.39, 0.29) is 31.1 Å². The fraction of sp³-hybridized carbons (Fsp3) is 0.846. The number of nitrogens with one attached hydrogen (secondary N) is 1. The van der Waals surface area contributed by atoms with Gasteiger partial charge in [-0.3, -0.25) is 4.79 Å². The Morgan fingerprint density at radius 3 is 2.53 bits per heavy atom. The predicted molar refractivity (Wildman–Crippen MR) is 70.9 cm³/mol. The monoisotopic (exact) mass is 272 g/mol. The first-order valence-electron chi connectivity index (χ1n) is 6.98. The third kappa shape index (κ3) is 5.06. The maximum atomic E-state index is 12.1. The summed E-state index contributed by atoms with van der Waals surface area (Å²) in [6.45, 7) is 2.20. The summed E-state index contributed by atoms with van der Waals surface area (Å²) in [7, 11) is 0. The highest BCUT2D eigenvalue weighted by Crippen LogP contribution is 2.24. The number of rotatable bonds is 8. The standard InChI is InChI=1S/C13H24N2O4/c1-2-4-10(9-12(17)18)14-13(19)15(7-8-16)11-5-3-6-11/h10-11,16H,2-9H2,1H3,(H,14,19)(H,17,18). The minimum Gasteiger partial charge on any atom is -0.481 e. The first kappa shape index (κ1) is 15.8. The number of amides is 2. The lowest BCUT2D eigenvalue weighted by molar-refractivity contribution is -0.137. The molecule has 1 atom stereocenters. The maximum Gasteiger partial charge on any atom is 0.317 e. The van der Waals surface area contributed by atoms with Crippen LogP contribution in [0.2, 0.25) is 0 Å². The predicted octanol–water partition coefficient (Wildman–Crippen LogP) is 1.19. The van der Waals surface area contributed by atoms with E-state index in [0.717, 1.165) is 25.7 Å². The van der Waals surface area contributed by atoms with E-state index in [1.165, 1.54) is 0 Å². The number of aliphatic carboxylic acids is 1. The van der Waals surface area contributed by atoms with Crippen molar-refractivity contribution in [3.63, 3.8) is 0 Å². The minimum absolute atomic E-state index is 0.0583. The number of carbonyl (C=O) groups excluding carboxylic acids is 1. The fourth-order valence-electron chi connectivity index (χ4n) is 2.30. The summed E-state index contributed by atoms with van der Waals surface area (Å²) >= 11 is 0. The van der Waals surface area contributed by atoms with Gasteiger partial charge in [-0.25, -0.2) is 4.79 Å². The Balaban J connectivity index is 2.53. The molecule has 1 aliphatic carbocycles. The molecule has 0 spiro atoms. The third-order valence-electron chi connectivity index (χ3n) is 3.50. The number of hydrogen-bond acceptors (Lipinski definition) is 3. The Kier molecular flexibility index (Phi) is 6.62. The van der Waals surface area contributed by atoms with Crippen molar-refractivity contribution in [1.82, 2.24) is 10.2 Å². The number of carboxylic acids is 1. The molecule has 1 fully saturated rings. The summed E-state index contributed by atoms with van der Waals surface area (Å²) in [6, 6.07) is -0.394. The normalized spacial score (nSPS) is 16.5. The largest absolute Gasteiger partial charge is 0.481 e. The van der Waals surface area contributed by atoms with Crippen molar-refractivity contribution in [3.05, 3.63) is 0 Å². The number of urea groups is 1. The van der Waals surface area contributed by atoms with Gasteiger partial charge in [0, 0.05) is 18.6 Å². The van der Waals surface area contributed by atoms with Crippen molar-refractivity contribution >= 4 is 12.0 Å². The number of aliphatic hydroxyl groups excluding tert-OH is 1. The van der Waals surface area contributed by atoms with E-state index in [0.29, 0.717) is 13.0 Å². The first-order chi connectivity index (χ1) is 9.08. The van der Waals surface area contributed by atoms with Crippen molar-refractivity contribution in [2.45, 2.75) is 57.5 Å². The van der Waals surface area contributed by atoms with Gasteiger partial charge in [0.2, 0.25) is 0 Å². The van der Waals surface area contributed by atoms with Gasteiger partial charge in [-0.1, -0.05) is 13.3 Å². The Hall–Kier alpha value is -1.30. The van der Waals surface area contributed by atoms with Crippen LogP contribution in [0, 0.1) is 0 Å². The van der Waals surface area contributed by atoms with Crippen molar-refractivity contribution in [2.75, 3.05) is 13.2 Å². The lowest BCUT2D eigenvalue weighted by Gasteiger charge is -2.38. The number of aliphatic hydroxyl groups is 1. The van der Waals surface area contributed by atoms with E-state index >= 15 is 0 Å². The summed E-state index contributed by atoms with van der Waals surface area (Å²) in [4.78, 5) is 24.5. The van der Waals surface area contributed by atoms with Crippen LogP contribution in [-0.4, -0.2) is 52.3 Å². The lowest BCUT2D eigenvalue weighted by atomic mass is 9.91. The number of carboxylic acid groups (broad SMARTS) is 1. The summed E-state index contributed by atoms with van der Waals surface area (Å²) < 4.78 is 0.